The van der Waals surface area contributed by atoms with E-state index in [0.717, 1.165) is 11.0 Å². The zero-order valence-corrected chi connectivity index (χ0v) is 8.51. The summed E-state index contributed by atoms with van der Waals surface area (Å²) in [5.41, 5.74) is 2.28. The minimum atomic E-state index is 1.06. The van der Waals surface area contributed by atoms with E-state index in [2.05, 4.69) is 46.4 Å². The highest BCUT2D eigenvalue weighted by Crippen LogP contribution is 2.20. The molecule has 74 valence electrons. The van der Waals surface area contributed by atoms with Gasteiger partial charge >= 0.3 is 0 Å². The zero-order valence-electron chi connectivity index (χ0n) is 8.51. The van der Waals surface area contributed by atoms with Gasteiger partial charge in [0.1, 0.15) is 0 Å². The molecule has 0 radical (unpaired) electrons. The van der Waals surface area contributed by atoms with Gasteiger partial charge in [-0.15, -0.1) is 0 Å². The fourth-order valence-corrected chi connectivity index (χ4v) is 2.40. The Morgan fingerprint density at radius 3 is 2.94 bits per heavy atom. The van der Waals surface area contributed by atoms with Crippen molar-refractivity contribution < 1.29 is 0 Å². The molecule has 2 aliphatic rings. The average Bonchev–Trinajstić information content (AvgIpc) is 2.96. The molecule has 0 spiro atoms. The van der Waals surface area contributed by atoms with Gasteiger partial charge in [-0.2, -0.15) is 0 Å². The van der Waals surface area contributed by atoms with Crippen LogP contribution in [0, 0.1) is 0 Å². The number of benzene rings is 2. The first-order valence-corrected chi connectivity index (χ1v) is 5.28. The van der Waals surface area contributed by atoms with Gasteiger partial charge in [-0.3, -0.25) is 9.98 Å². The fourth-order valence-electron chi connectivity index (χ4n) is 2.40. The van der Waals surface area contributed by atoms with Crippen molar-refractivity contribution in [2.45, 2.75) is 0 Å². The van der Waals surface area contributed by atoms with Gasteiger partial charge in [-0.05, 0) is 29.7 Å². The van der Waals surface area contributed by atoms with Crippen LogP contribution in [0.4, 0.5) is 5.69 Å². The fraction of sp³-hybridized carbons (Fsp3) is 0. The van der Waals surface area contributed by atoms with Gasteiger partial charge in [0.2, 0.25) is 0 Å². The summed E-state index contributed by atoms with van der Waals surface area (Å²) in [5.74, 6) is 0. The lowest BCUT2D eigenvalue weighted by Crippen LogP contribution is -2.09. The third-order valence-electron chi connectivity index (χ3n) is 3.13. The second-order valence-electron chi connectivity index (χ2n) is 3.98. The SMILES string of the molecule is C1=Cc2c(ccc3ccc4c(c23)=CC=N4)=N1. The van der Waals surface area contributed by atoms with Crippen LogP contribution in [0.15, 0.2) is 40.5 Å². The molecular weight excluding hydrogens is 196 g/mol. The molecule has 0 saturated heterocycles. The van der Waals surface area contributed by atoms with Crippen LogP contribution in [0.2, 0.25) is 0 Å². The lowest BCUT2D eigenvalue weighted by molar-refractivity contribution is 1.40. The maximum Gasteiger partial charge on any atom is 0.0709 e. The second kappa shape index (κ2) is 2.67. The van der Waals surface area contributed by atoms with E-state index >= 15 is 0 Å². The summed E-state index contributed by atoms with van der Waals surface area (Å²) in [4.78, 5) is 8.68. The van der Waals surface area contributed by atoms with E-state index in [4.69, 9.17) is 0 Å². The third-order valence-corrected chi connectivity index (χ3v) is 3.13. The average molecular weight is 204 g/mol. The van der Waals surface area contributed by atoms with Gasteiger partial charge in [0.15, 0.2) is 0 Å². The van der Waals surface area contributed by atoms with Gasteiger partial charge < -0.3 is 0 Å². The molecule has 2 aromatic rings. The first-order valence-electron chi connectivity index (χ1n) is 5.28. The molecule has 0 amide bonds. The van der Waals surface area contributed by atoms with E-state index in [9.17, 15) is 0 Å². The molecule has 2 nitrogen and oxygen atoms in total. The second-order valence-corrected chi connectivity index (χ2v) is 3.98. The van der Waals surface area contributed by atoms with Crippen LogP contribution in [0.5, 0.6) is 0 Å². The summed E-state index contributed by atoms with van der Waals surface area (Å²) in [7, 11) is 0. The van der Waals surface area contributed by atoms with Gasteiger partial charge in [-0.25, -0.2) is 0 Å². The number of rotatable bonds is 0. The summed E-state index contributed by atoms with van der Waals surface area (Å²) >= 11 is 0. The number of aliphatic imine (C=N–C) groups is 1. The van der Waals surface area contributed by atoms with E-state index < -0.39 is 0 Å². The number of hydrogen-bond acceptors (Lipinski definition) is 2. The van der Waals surface area contributed by atoms with Crippen molar-refractivity contribution in [2.75, 3.05) is 0 Å². The Balaban J connectivity index is 2.37. The predicted octanol–water partition coefficient (Wildman–Crippen LogP) is 1.94. The third kappa shape index (κ3) is 0.865. The highest BCUT2D eigenvalue weighted by Gasteiger charge is 2.09. The minimum absolute atomic E-state index is 1.06. The molecule has 0 atom stereocenters. The monoisotopic (exact) mass is 204 g/mol. The Kier molecular flexibility index (Phi) is 1.33. The Hall–Kier alpha value is -2.22. The van der Waals surface area contributed by atoms with Crippen LogP contribution in [-0.2, 0) is 0 Å². The smallest absolute Gasteiger partial charge is 0.0709 e. The molecule has 16 heavy (non-hydrogen) atoms. The van der Waals surface area contributed by atoms with E-state index in [1.807, 2.05) is 12.4 Å². The summed E-state index contributed by atoms with van der Waals surface area (Å²) < 4.78 is 0. The van der Waals surface area contributed by atoms with Gasteiger partial charge in [0.05, 0.1) is 11.0 Å². The first kappa shape index (κ1) is 7.99. The van der Waals surface area contributed by atoms with Crippen molar-refractivity contribution in [2.24, 2.45) is 9.98 Å². The molecule has 0 N–H and O–H groups in total. The molecule has 0 saturated carbocycles. The first-order chi connectivity index (χ1) is 7.93. The standard InChI is InChI=1S/C14H8N2/c1-3-12-10(5-7-15-12)14-9(1)2-4-13-11(14)6-8-16-13/h1-8H. The van der Waals surface area contributed by atoms with Crippen LogP contribution < -0.4 is 10.6 Å². The van der Waals surface area contributed by atoms with Crippen molar-refractivity contribution in [1.29, 1.82) is 0 Å². The van der Waals surface area contributed by atoms with Crippen molar-refractivity contribution in [3.8, 4) is 0 Å². The normalized spacial score (nSPS) is 14.8. The molecule has 0 aliphatic carbocycles. The van der Waals surface area contributed by atoms with Crippen molar-refractivity contribution in [3.05, 3.63) is 46.6 Å². The Bertz CT molecular complexity index is 796. The topological polar surface area (TPSA) is 24.7 Å². The number of fused-ring (bicyclic) bond motifs is 5. The van der Waals surface area contributed by atoms with Crippen LogP contribution in [-0.4, -0.2) is 6.21 Å². The van der Waals surface area contributed by atoms with E-state index in [-0.39, 0.29) is 0 Å². The van der Waals surface area contributed by atoms with Crippen molar-refractivity contribution in [3.63, 3.8) is 0 Å². The van der Waals surface area contributed by atoms with Gasteiger partial charge in [-0.1, -0.05) is 12.1 Å². The van der Waals surface area contributed by atoms with E-state index in [0.29, 0.717) is 0 Å². The van der Waals surface area contributed by atoms with Gasteiger partial charge in [0.25, 0.3) is 0 Å². The molecule has 4 rings (SSSR count). The minimum Gasteiger partial charge on any atom is -0.256 e. The molecule has 2 aliphatic heterocycles. The van der Waals surface area contributed by atoms with Crippen LogP contribution >= 0.6 is 0 Å². The van der Waals surface area contributed by atoms with Crippen molar-refractivity contribution in [1.82, 2.24) is 0 Å². The van der Waals surface area contributed by atoms with Crippen LogP contribution in [0.3, 0.4) is 0 Å². The summed E-state index contributed by atoms with van der Waals surface area (Å²) in [6.45, 7) is 0. The van der Waals surface area contributed by atoms with E-state index in [1.165, 1.54) is 21.6 Å². The largest absolute Gasteiger partial charge is 0.256 e. The number of hydrogen-bond donors (Lipinski definition) is 0. The van der Waals surface area contributed by atoms with E-state index in [1.54, 1.807) is 0 Å². The summed E-state index contributed by atoms with van der Waals surface area (Å²) in [6, 6.07) is 8.38. The van der Waals surface area contributed by atoms with Gasteiger partial charge in [0, 0.05) is 28.6 Å². The molecule has 2 heterocycles. The number of nitrogens with zero attached hydrogens (tertiary/aromatic N) is 2. The molecule has 0 aromatic heterocycles. The van der Waals surface area contributed by atoms with Crippen LogP contribution in [0.25, 0.3) is 22.9 Å². The molecule has 2 heteroatoms. The molecule has 2 aromatic carbocycles. The predicted molar refractivity (Wildman–Crippen MR) is 66.4 cm³/mol. The molecule has 0 unspecified atom stereocenters. The zero-order chi connectivity index (χ0) is 10.5. The molecule has 0 bridgehead atoms. The van der Waals surface area contributed by atoms with Crippen molar-refractivity contribution >= 4 is 34.8 Å². The summed E-state index contributed by atoms with van der Waals surface area (Å²) in [6.07, 6.45) is 7.87. The quantitative estimate of drug-likeness (QED) is 0.626. The summed E-state index contributed by atoms with van der Waals surface area (Å²) in [5, 5.41) is 4.79. The lowest BCUT2D eigenvalue weighted by Gasteiger charge is -2.02. The van der Waals surface area contributed by atoms with Crippen LogP contribution in [0.1, 0.15) is 5.56 Å². The Morgan fingerprint density at radius 1 is 1.00 bits per heavy atom. The highest BCUT2D eigenvalue weighted by atomic mass is 14.7. The molecule has 0 fully saturated rings. The highest BCUT2D eigenvalue weighted by molar-refractivity contribution is 6.04. The maximum atomic E-state index is 4.34. The molecular formula is C14H8N2. The lowest BCUT2D eigenvalue weighted by atomic mass is 10.0. The Morgan fingerprint density at radius 2 is 1.94 bits per heavy atom. The maximum absolute atomic E-state index is 4.34. The Labute approximate surface area is 92.0 Å².